The Bertz CT molecular complexity index is 540. The number of halogens is 3. The highest BCUT2D eigenvalue weighted by atomic mass is 35.5. The average Bonchev–Trinajstić information content (AvgIpc) is 2.44. The molecular weight excluding hydrogens is 306 g/mol. The Kier molecular flexibility index (Phi) is 6.48. The second-order valence-electron chi connectivity index (χ2n) is 4.38. The van der Waals surface area contributed by atoms with Gasteiger partial charge in [-0.05, 0) is 12.5 Å². The first-order chi connectivity index (χ1) is 9.92. The summed E-state index contributed by atoms with van der Waals surface area (Å²) in [6, 6.07) is 1.11. The first kappa shape index (κ1) is 17.3. The second kappa shape index (κ2) is 7.87. The molecule has 0 fully saturated rings. The molecule has 0 aliphatic carbocycles. The van der Waals surface area contributed by atoms with E-state index in [1.807, 2.05) is 6.92 Å². The van der Waals surface area contributed by atoms with Gasteiger partial charge in [0.25, 0.3) is 5.91 Å². The number of hydrogen-bond acceptors (Lipinski definition) is 3. The molecule has 0 atom stereocenters. The number of amides is 1. The van der Waals surface area contributed by atoms with Crippen LogP contribution < -0.4 is 0 Å². The predicted molar refractivity (Wildman–Crippen MR) is 74.5 cm³/mol. The van der Waals surface area contributed by atoms with Gasteiger partial charge < -0.3 is 4.90 Å². The van der Waals surface area contributed by atoms with E-state index in [9.17, 15) is 23.7 Å². The molecule has 0 radical (unpaired) electrons. The first-order valence-electron chi connectivity index (χ1n) is 6.41. The lowest BCUT2D eigenvalue weighted by Gasteiger charge is -2.21. The molecule has 0 saturated heterocycles. The summed E-state index contributed by atoms with van der Waals surface area (Å²) >= 11 is 5.59. The molecule has 0 aliphatic rings. The maximum Gasteiger partial charge on any atom is 0.308 e. The molecular formula is C13H15ClF2N2O3. The van der Waals surface area contributed by atoms with Gasteiger partial charge in [-0.2, -0.15) is 4.39 Å². The fraction of sp³-hybridized carbons (Fsp3) is 0.462. The number of nitro benzene ring substituents is 1. The Labute approximate surface area is 125 Å². The molecule has 21 heavy (non-hydrogen) atoms. The number of rotatable bonds is 7. The summed E-state index contributed by atoms with van der Waals surface area (Å²) in [7, 11) is 0. The maximum atomic E-state index is 14.0. The summed E-state index contributed by atoms with van der Waals surface area (Å²) in [6.07, 6.45) is 1.47. The van der Waals surface area contributed by atoms with Crippen molar-refractivity contribution in [2.24, 2.45) is 0 Å². The van der Waals surface area contributed by atoms with E-state index < -0.39 is 33.7 Å². The van der Waals surface area contributed by atoms with E-state index in [0.29, 0.717) is 25.1 Å². The van der Waals surface area contributed by atoms with Crippen LogP contribution in [-0.2, 0) is 0 Å². The molecule has 0 saturated carbocycles. The predicted octanol–water partition coefficient (Wildman–Crippen LogP) is 3.35. The minimum Gasteiger partial charge on any atom is -0.337 e. The molecule has 5 nitrogen and oxygen atoms in total. The lowest BCUT2D eigenvalue weighted by molar-refractivity contribution is -0.387. The fourth-order valence-corrected chi connectivity index (χ4v) is 2.00. The van der Waals surface area contributed by atoms with Crippen LogP contribution in [0, 0.1) is 21.7 Å². The van der Waals surface area contributed by atoms with E-state index in [4.69, 9.17) is 11.6 Å². The van der Waals surface area contributed by atoms with Gasteiger partial charge in [0.1, 0.15) is 5.82 Å². The van der Waals surface area contributed by atoms with Gasteiger partial charge in [0, 0.05) is 19.0 Å². The number of hydrogen-bond donors (Lipinski definition) is 0. The molecule has 0 aliphatic heterocycles. The van der Waals surface area contributed by atoms with Crippen LogP contribution in [0.5, 0.6) is 0 Å². The van der Waals surface area contributed by atoms with Crippen molar-refractivity contribution in [1.29, 1.82) is 0 Å². The summed E-state index contributed by atoms with van der Waals surface area (Å²) < 4.78 is 27.3. The molecule has 0 N–H and O–H groups in total. The third-order valence-electron chi connectivity index (χ3n) is 2.87. The van der Waals surface area contributed by atoms with E-state index in [2.05, 4.69) is 0 Å². The van der Waals surface area contributed by atoms with Crippen molar-refractivity contribution in [2.45, 2.75) is 19.8 Å². The number of carbonyl (C=O) groups excluding carboxylic acids is 1. The number of nitrogens with zero attached hydrogens (tertiary/aromatic N) is 2. The van der Waals surface area contributed by atoms with Crippen molar-refractivity contribution in [1.82, 2.24) is 4.90 Å². The lowest BCUT2D eigenvalue weighted by Crippen LogP contribution is -2.34. The minimum atomic E-state index is -1.33. The molecule has 0 spiro atoms. The largest absolute Gasteiger partial charge is 0.337 e. The van der Waals surface area contributed by atoms with Gasteiger partial charge in [0.2, 0.25) is 5.82 Å². The van der Waals surface area contributed by atoms with Gasteiger partial charge in [-0.15, -0.1) is 11.6 Å². The summed E-state index contributed by atoms with van der Waals surface area (Å²) in [5.74, 6) is -3.03. The SMILES string of the molecule is CCCCN(CCCl)C(=O)c1cc(F)cc([N+](=O)[O-])c1F. The monoisotopic (exact) mass is 320 g/mol. The van der Waals surface area contributed by atoms with Crippen LogP contribution in [0.15, 0.2) is 12.1 Å². The van der Waals surface area contributed by atoms with Gasteiger partial charge in [-0.3, -0.25) is 14.9 Å². The summed E-state index contributed by atoms with van der Waals surface area (Å²) in [6.45, 7) is 2.40. The normalized spacial score (nSPS) is 10.5. The van der Waals surface area contributed by atoms with E-state index in [1.54, 1.807) is 0 Å². The zero-order valence-electron chi connectivity index (χ0n) is 11.4. The van der Waals surface area contributed by atoms with Gasteiger partial charge in [0.15, 0.2) is 0 Å². The van der Waals surface area contributed by atoms with E-state index in [-0.39, 0.29) is 12.4 Å². The van der Waals surface area contributed by atoms with E-state index >= 15 is 0 Å². The number of alkyl halides is 1. The molecule has 0 heterocycles. The third kappa shape index (κ3) is 4.35. The highest BCUT2D eigenvalue weighted by molar-refractivity contribution is 6.18. The van der Waals surface area contributed by atoms with Crippen LogP contribution in [0.1, 0.15) is 30.1 Å². The molecule has 1 aromatic rings. The third-order valence-corrected chi connectivity index (χ3v) is 3.04. The Balaban J connectivity index is 3.17. The topological polar surface area (TPSA) is 63.5 Å². The Morgan fingerprint density at radius 2 is 2.05 bits per heavy atom. The number of nitro groups is 1. The molecule has 1 rings (SSSR count). The molecule has 0 aromatic heterocycles. The molecule has 0 bridgehead atoms. The smallest absolute Gasteiger partial charge is 0.308 e. The van der Waals surface area contributed by atoms with Gasteiger partial charge in [-0.1, -0.05) is 13.3 Å². The van der Waals surface area contributed by atoms with Crippen LogP contribution in [0.2, 0.25) is 0 Å². The highest BCUT2D eigenvalue weighted by Crippen LogP contribution is 2.23. The zero-order valence-corrected chi connectivity index (χ0v) is 12.2. The van der Waals surface area contributed by atoms with Crippen molar-refractivity contribution >= 4 is 23.2 Å². The molecule has 1 amide bonds. The Hall–Kier alpha value is -1.76. The van der Waals surface area contributed by atoms with E-state index in [1.165, 1.54) is 4.90 Å². The summed E-state index contributed by atoms with van der Waals surface area (Å²) in [4.78, 5) is 23.1. The van der Waals surface area contributed by atoms with Crippen LogP contribution in [0.25, 0.3) is 0 Å². The molecule has 116 valence electrons. The van der Waals surface area contributed by atoms with Crippen molar-refractivity contribution in [3.8, 4) is 0 Å². The summed E-state index contributed by atoms with van der Waals surface area (Å²) in [5.41, 5.74) is -1.71. The lowest BCUT2D eigenvalue weighted by atomic mass is 10.1. The maximum absolute atomic E-state index is 14.0. The van der Waals surface area contributed by atoms with Crippen molar-refractivity contribution in [3.05, 3.63) is 39.4 Å². The van der Waals surface area contributed by atoms with Crippen LogP contribution in [-0.4, -0.2) is 34.7 Å². The fourth-order valence-electron chi connectivity index (χ4n) is 1.80. The van der Waals surface area contributed by atoms with Gasteiger partial charge in [0.05, 0.1) is 16.6 Å². The van der Waals surface area contributed by atoms with Gasteiger partial charge >= 0.3 is 5.69 Å². The Morgan fingerprint density at radius 3 is 2.57 bits per heavy atom. The molecule has 8 heteroatoms. The Morgan fingerprint density at radius 1 is 1.38 bits per heavy atom. The second-order valence-corrected chi connectivity index (χ2v) is 4.76. The minimum absolute atomic E-state index is 0.133. The van der Waals surface area contributed by atoms with Crippen molar-refractivity contribution in [2.75, 3.05) is 19.0 Å². The van der Waals surface area contributed by atoms with Crippen LogP contribution >= 0.6 is 11.6 Å². The highest BCUT2D eigenvalue weighted by Gasteiger charge is 2.26. The first-order valence-corrected chi connectivity index (χ1v) is 6.94. The van der Waals surface area contributed by atoms with E-state index in [0.717, 1.165) is 6.42 Å². The van der Waals surface area contributed by atoms with Crippen molar-refractivity contribution < 1.29 is 18.5 Å². The number of carbonyl (C=O) groups is 1. The number of unbranched alkanes of at least 4 members (excludes halogenated alkanes) is 1. The van der Waals surface area contributed by atoms with Gasteiger partial charge in [-0.25, -0.2) is 4.39 Å². The van der Waals surface area contributed by atoms with Crippen LogP contribution in [0.3, 0.4) is 0 Å². The summed E-state index contributed by atoms with van der Waals surface area (Å²) in [5, 5.41) is 10.7. The quantitative estimate of drug-likeness (QED) is 0.439. The van der Waals surface area contributed by atoms with Crippen molar-refractivity contribution in [3.63, 3.8) is 0 Å². The zero-order chi connectivity index (χ0) is 16.0. The standard InChI is InChI=1S/C13H15ClF2N2O3/c1-2-3-5-17(6-4-14)13(19)10-7-9(15)8-11(12(10)16)18(20)21/h7-8H,2-6H2,1H3. The average molecular weight is 321 g/mol. The number of benzene rings is 1. The molecule has 0 unspecified atom stereocenters. The van der Waals surface area contributed by atoms with Crippen LogP contribution in [0.4, 0.5) is 14.5 Å². The molecule has 1 aromatic carbocycles.